The monoisotopic (exact) mass is 314 g/mol. The maximum absolute atomic E-state index is 6.02. The zero-order chi connectivity index (χ0) is 18.0. The average molecular weight is 315 g/mol. The molecule has 2 nitrogen and oxygen atoms in total. The molecule has 0 aromatic carbocycles. The average Bonchev–Trinajstić information content (AvgIpc) is 2.15. The van der Waals surface area contributed by atoms with Crippen LogP contribution < -0.4 is 0 Å². The van der Waals surface area contributed by atoms with Crippen molar-refractivity contribution in [3.8, 4) is 0 Å². The third-order valence-electron chi connectivity index (χ3n) is 3.82. The number of rotatable bonds is 5. The van der Waals surface area contributed by atoms with Crippen LogP contribution in [0, 0.1) is 21.7 Å². The molecule has 0 fully saturated rings. The summed E-state index contributed by atoms with van der Waals surface area (Å²) in [4.78, 5) is 12.0. The zero-order valence-corrected chi connectivity index (χ0v) is 17.4. The van der Waals surface area contributed by atoms with E-state index in [1.165, 1.54) is 0 Å². The van der Waals surface area contributed by atoms with E-state index in [-0.39, 0.29) is 33.9 Å². The van der Waals surface area contributed by atoms with Crippen molar-refractivity contribution >= 4 is 0 Å². The fraction of sp³-hybridized carbons (Fsp3) is 1.00. The van der Waals surface area contributed by atoms with Crippen LogP contribution in [0.25, 0.3) is 0 Å². The van der Waals surface area contributed by atoms with Crippen LogP contribution in [0.15, 0.2) is 0 Å². The van der Waals surface area contributed by atoms with Crippen molar-refractivity contribution in [1.29, 1.82) is 0 Å². The first-order chi connectivity index (χ1) is 9.42. The minimum atomic E-state index is 0.0669. The summed E-state index contributed by atoms with van der Waals surface area (Å²) in [7, 11) is 0. The molecule has 2 heteroatoms. The van der Waals surface area contributed by atoms with E-state index in [4.69, 9.17) is 9.78 Å². The van der Waals surface area contributed by atoms with Gasteiger partial charge in [0.15, 0.2) is 0 Å². The van der Waals surface area contributed by atoms with Gasteiger partial charge in [0.2, 0.25) is 0 Å². The summed E-state index contributed by atoms with van der Waals surface area (Å²) in [5.74, 6) is 0. The highest BCUT2D eigenvalue weighted by molar-refractivity contribution is 4.81. The second-order valence-corrected chi connectivity index (χ2v) is 11.4. The van der Waals surface area contributed by atoms with Crippen molar-refractivity contribution < 1.29 is 9.78 Å². The van der Waals surface area contributed by atoms with E-state index in [0.29, 0.717) is 0 Å². The van der Waals surface area contributed by atoms with Crippen molar-refractivity contribution in [3.05, 3.63) is 0 Å². The quantitative estimate of drug-likeness (QED) is 0.418. The van der Waals surface area contributed by atoms with Gasteiger partial charge in [-0.15, -0.1) is 0 Å². The maximum Gasteiger partial charge on any atom is 0.0983 e. The first-order valence-corrected chi connectivity index (χ1v) is 8.74. The van der Waals surface area contributed by atoms with E-state index in [1.54, 1.807) is 0 Å². The number of hydrogen-bond donors (Lipinski definition) is 0. The molecule has 0 aliphatic rings. The predicted octanol–water partition coefficient (Wildman–Crippen LogP) is 6.64. The van der Waals surface area contributed by atoms with Gasteiger partial charge in [-0.1, -0.05) is 83.1 Å². The highest BCUT2D eigenvalue weighted by Gasteiger charge is 2.35. The Morgan fingerprint density at radius 2 is 0.727 bits per heavy atom. The van der Waals surface area contributed by atoms with E-state index in [9.17, 15) is 0 Å². The molecule has 0 saturated carbocycles. The molecule has 0 aliphatic heterocycles. The highest BCUT2D eigenvalue weighted by Crippen LogP contribution is 2.37. The van der Waals surface area contributed by atoms with E-state index in [2.05, 4.69) is 83.1 Å². The molecule has 134 valence electrons. The first-order valence-electron chi connectivity index (χ1n) is 8.74. The largest absolute Gasteiger partial charge is 0.233 e. The van der Waals surface area contributed by atoms with E-state index >= 15 is 0 Å². The Bertz CT molecular complexity index is 284. The van der Waals surface area contributed by atoms with E-state index in [1.807, 2.05) is 0 Å². The molecule has 0 amide bonds. The predicted molar refractivity (Wildman–Crippen MR) is 96.8 cm³/mol. The Labute approximate surface area is 140 Å². The lowest BCUT2D eigenvalue weighted by Crippen LogP contribution is -2.38. The molecule has 2 unspecified atom stereocenters. The van der Waals surface area contributed by atoms with Gasteiger partial charge in [-0.05, 0) is 34.5 Å². The highest BCUT2D eigenvalue weighted by atomic mass is 17.2. The second-order valence-electron chi connectivity index (χ2n) is 11.4. The smallest absolute Gasteiger partial charge is 0.0983 e. The third-order valence-corrected chi connectivity index (χ3v) is 3.82. The Morgan fingerprint density at radius 3 is 0.864 bits per heavy atom. The van der Waals surface area contributed by atoms with Crippen LogP contribution in [0.1, 0.15) is 95.9 Å². The van der Waals surface area contributed by atoms with Gasteiger partial charge in [0.25, 0.3) is 0 Å². The number of hydrogen-bond acceptors (Lipinski definition) is 2. The summed E-state index contributed by atoms with van der Waals surface area (Å²) >= 11 is 0. The van der Waals surface area contributed by atoms with Crippen LogP contribution in [-0.4, -0.2) is 12.2 Å². The Morgan fingerprint density at radius 1 is 0.500 bits per heavy atom. The van der Waals surface area contributed by atoms with Crippen molar-refractivity contribution in [2.75, 3.05) is 0 Å². The molecule has 0 spiro atoms. The molecular formula is C20H42O2. The van der Waals surface area contributed by atoms with Crippen LogP contribution in [0.5, 0.6) is 0 Å². The minimum absolute atomic E-state index is 0.0669. The van der Waals surface area contributed by atoms with Crippen LogP contribution in [0.2, 0.25) is 0 Å². The second kappa shape index (κ2) is 7.21. The lowest BCUT2D eigenvalue weighted by molar-refractivity contribution is -0.385. The molecular weight excluding hydrogens is 272 g/mol. The molecule has 0 aromatic rings. The fourth-order valence-electron chi connectivity index (χ4n) is 2.22. The molecule has 0 bridgehead atoms. The van der Waals surface area contributed by atoms with E-state index in [0.717, 1.165) is 12.8 Å². The topological polar surface area (TPSA) is 18.5 Å². The van der Waals surface area contributed by atoms with E-state index < -0.39 is 0 Å². The SMILES string of the molecule is CC(C)(C)CC(OOC(CC(C)(C)C)C(C)(C)C)C(C)(C)C. The molecule has 2 atom stereocenters. The van der Waals surface area contributed by atoms with Gasteiger partial charge in [0.1, 0.15) is 0 Å². The maximum atomic E-state index is 6.02. The standard InChI is InChI=1S/C20H42O2/c1-17(2,3)13-15(19(7,8)9)21-22-16(20(10,11)12)14-18(4,5)6/h15-16H,13-14H2,1-12H3. The fourth-order valence-corrected chi connectivity index (χ4v) is 2.22. The van der Waals surface area contributed by atoms with Crippen LogP contribution in [0.3, 0.4) is 0 Å². The minimum Gasteiger partial charge on any atom is -0.233 e. The lowest BCUT2D eigenvalue weighted by atomic mass is 9.78. The molecule has 0 N–H and O–H groups in total. The molecule has 0 aliphatic carbocycles. The van der Waals surface area contributed by atoms with Crippen LogP contribution >= 0.6 is 0 Å². The summed E-state index contributed by atoms with van der Waals surface area (Å²) in [6.07, 6.45) is 2.17. The molecule has 0 rings (SSSR count). The van der Waals surface area contributed by atoms with Gasteiger partial charge in [-0.3, -0.25) is 0 Å². The summed E-state index contributed by atoms with van der Waals surface area (Å²) in [6, 6.07) is 0. The van der Waals surface area contributed by atoms with Crippen molar-refractivity contribution in [1.82, 2.24) is 0 Å². The third kappa shape index (κ3) is 9.84. The summed E-state index contributed by atoms with van der Waals surface area (Å²) in [5, 5.41) is 0. The van der Waals surface area contributed by atoms with Crippen LogP contribution in [-0.2, 0) is 9.78 Å². The summed E-state index contributed by atoms with van der Waals surface area (Å²) in [5.41, 5.74) is 0.583. The Hall–Kier alpha value is -0.0800. The summed E-state index contributed by atoms with van der Waals surface area (Å²) in [6.45, 7) is 26.9. The Kier molecular flexibility index (Phi) is 7.19. The normalized spacial score (nSPS) is 17.5. The van der Waals surface area contributed by atoms with Crippen molar-refractivity contribution in [2.45, 2.75) is 108 Å². The molecule has 0 saturated heterocycles. The van der Waals surface area contributed by atoms with Crippen LogP contribution in [0.4, 0.5) is 0 Å². The zero-order valence-electron chi connectivity index (χ0n) is 17.4. The van der Waals surface area contributed by atoms with Gasteiger partial charge >= 0.3 is 0 Å². The van der Waals surface area contributed by atoms with Gasteiger partial charge in [-0.2, -0.15) is 0 Å². The first kappa shape index (κ1) is 21.9. The molecule has 0 aromatic heterocycles. The van der Waals surface area contributed by atoms with Crippen molar-refractivity contribution in [3.63, 3.8) is 0 Å². The van der Waals surface area contributed by atoms with Gasteiger partial charge in [0, 0.05) is 0 Å². The lowest BCUT2D eigenvalue weighted by Gasteiger charge is -2.39. The van der Waals surface area contributed by atoms with Gasteiger partial charge < -0.3 is 0 Å². The molecule has 0 radical (unpaired) electrons. The van der Waals surface area contributed by atoms with Gasteiger partial charge in [-0.25, -0.2) is 9.78 Å². The van der Waals surface area contributed by atoms with Crippen molar-refractivity contribution in [2.24, 2.45) is 21.7 Å². The molecule has 0 heterocycles. The Balaban J connectivity index is 4.98. The molecule has 22 heavy (non-hydrogen) atoms. The summed E-state index contributed by atoms with van der Waals surface area (Å²) < 4.78 is 0. The van der Waals surface area contributed by atoms with Gasteiger partial charge in [0.05, 0.1) is 12.2 Å².